The minimum absolute atomic E-state index is 0.189. The van der Waals surface area contributed by atoms with Gasteiger partial charge in [-0.3, -0.25) is 9.59 Å². The number of carboxylic acid groups (broad SMARTS) is 1. The van der Waals surface area contributed by atoms with E-state index in [2.05, 4.69) is 5.32 Å². The molecule has 1 fully saturated rings. The molecule has 1 amide bonds. The number of carbonyl (C=O) groups is 2. The first kappa shape index (κ1) is 14.4. The smallest absolute Gasteiger partial charge is 0.311 e. The maximum Gasteiger partial charge on any atom is 0.311 e. The van der Waals surface area contributed by atoms with Crippen molar-refractivity contribution in [2.45, 2.75) is 26.2 Å². The molecule has 0 atom stereocenters. The normalized spacial score (nSPS) is 16.1. The molecule has 5 heteroatoms. The van der Waals surface area contributed by atoms with Crippen LogP contribution in [0, 0.1) is 5.41 Å². The molecule has 1 aliphatic rings. The van der Waals surface area contributed by atoms with E-state index in [9.17, 15) is 14.7 Å². The predicted octanol–water partition coefficient (Wildman–Crippen LogP) is 2.07. The van der Waals surface area contributed by atoms with Crippen LogP contribution >= 0.6 is 0 Å². The number of carbonyl (C=O) groups excluding carboxylic acids is 1. The summed E-state index contributed by atoms with van der Waals surface area (Å²) in [6.45, 7) is 2.66. The van der Waals surface area contributed by atoms with Crippen molar-refractivity contribution < 1.29 is 19.4 Å². The second-order valence-electron chi connectivity index (χ2n) is 5.08. The second-order valence-corrected chi connectivity index (χ2v) is 5.08. The van der Waals surface area contributed by atoms with E-state index in [-0.39, 0.29) is 12.5 Å². The number of rotatable bonds is 6. The summed E-state index contributed by atoms with van der Waals surface area (Å²) in [6, 6.07) is 6.81. The maximum atomic E-state index is 12.0. The fraction of sp³-hybridized carbons (Fsp3) is 0.467. The quantitative estimate of drug-likeness (QED) is 0.834. The van der Waals surface area contributed by atoms with Crippen LogP contribution in [0.3, 0.4) is 0 Å². The number of aliphatic carboxylic acids is 1. The van der Waals surface area contributed by atoms with Crippen LogP contribution in [0.15, 0.2) is 24.3 Å². The van der Waals surface area contributed by atoms with Gasteiger partial charge in [0.25, 0.3) is 5.91 Å². The zero-order valence-corrected chi connectivity index (χ0v) is 11.5. The van der Waals surface area contributed by atoms with Crippen LogP contribution in [-0.2, 0) is 4.79 Å². The number of amides is 1. The van der Waals surface area contributed by atoms with E-state index in [0.29, 0.717) is 30.8 Å². The molecule has 0 radical (unpaired) electrons. The minimum atomic E-state index is -0.823. The van der Waals surface area contributed by atoms with Gasteiger partial charge in [0.1, 0.15) is 5.75 Å². The molecule has 1 saturated carbocycles. The lowest BCUT2D eigenvalue weighted by atomic mass is 9.69. The summed E-state index contributed by atoms with van der Waals surface area (Å²) in [7, 11) is 0. The van der Waals surface area contributed by atoms with Crippen molar-refractivity contribution in [3.63, 3.8) is 0 Å². The first-order chi connectivity index (χ1) is 9.57. The molecule has 0 unspecified atom stereocenters. The Morgan fingerprint density at radius 1 is 1.30 bits per heavy atom. The summed E-state index contributed by atoms with van der Waals surface area (Å²) in [6.07, 6.45) is 2.17. The van der Waals surface area contributed by atoms with Gasteiger partial charge < -0.3 is 15.2 Å². The van der Waals surface area contributed by atoms with E-state index < -0.39 is 11.4 Å². The Bertz CT molecular complexity index is 491. The highest BCUT2D eigenvalue weighted by Gasteiger charge is 2.44. The van der Waals surface area contributed by atoms with E-state index in [0.717, 1.165) is 6.42 Å². The Balaban J connectivity index is 1.93. The molecule has 5 nitrogen and oxygen atoms in total. The van der Waals surface area contributed by atoms with Gasteiger partial charge in [0.2, 0.25) is 0 Å². The Morgan fingerprint density at radius 3 is 2.40 bits per heavy atom. The number of nitrogens with one attached hydrogen (secondary N) is 1. The van der Waals surface area contributed by atoms with E-state index >= 15 is 0 Å². The highest BCUT2D eigenvalue weighted by molar-refractivity contribution is 5.94. The van der Waals surface area contributed by atoms with Crippen LogP contribution < -0.4 is 10.1 Å². The lowest BCUT2D eigenvalue weighted by Crippen LogP contribution is -2.47. The summed E-state index contributed by atoms with van der Waals surface area (Å²) >= 11 is 0. The van der Waals surface area contributed by atoms with Crippen molar-refractivity contribution in [2.75, 3.05) is 13.2 Å². The van der Waals surface area contributed by atoms with Gasteiger partial charge in [-0.05, 0) is 44.0 Å². The first-order valence-corrected chi connectivity index (χ1v) is 6.82. The molecular weight excluding hydrogens is 258 g/mol. The summed E-state index contributed by atoms with van der Waals surface area (Å²) in [4.78, 5) is 23.2. The summed E-state index contributed by atoms with van der Waals surface area (Å²) in [5.41, 5.74) is -0.255. The third-order valence-corrected chi connectivity index (χ3v) is 3.78. The average molecular weight is 277 g/mol. The lowest BCUT2D eigenvalue weighted by Gasteiger charge is -2.37. The number of hydrogen-bond donors (Lipinski definition) is 2. The third kappa shape index (κ3) is 2.92. The Hall–Kier alpha value is -2.04. The standard InChI is InChI=1S/C15H19NO4/c1-2-20-12-6-4-11(5-7-12)13(17)16-10-15(14(18)19)8-3-9-15/h4-7H,2-3,8-10H2,1H3,(H,16,17)(H,18,19). The van der Waals surface area contributed by atoms with Gasteiger partial charge in [-0.2, -0.15) is 0 Å². The molecule has 2 rings (SSSR count). The number of hydrogen-bond acceptors (Lipinski definition) is 3. The molecule has 1 aromatic carbocycles. The SMILES string of the molecule is CCOc1ccc(C(=O)NCC2(C(=O)O)CCC2)cc1. The van der Waals surface area contributed by atoms with Crippen LogP contribution in [-0.4, -0.2) is 30.1 Å². The van der Waals surface area contributed by atoms with Gasteiger partial charge in [0, 0.05) is 12.1 Å². The van der Waals surface area contributed by atoms with Gasteiger partial charge in [0.15, 0.2) is 0 Å². The fourth-order valence-corrected chi connectivity index (χ4v) is 2.29. The molecule has 0 bridgehead atoms. The molecule has 1 aromatic rings. The van der Waals surface area contributed by atoms with Gasteiger partial charge in [-0.1, -0.05) is 6.42 Å². The van der Waals surface area contributed by atoms with Crippen molar-refractivity contribution in [3.8, 4) is 5.75 Å². The largest absolute Gasteiger partial charge is 0.494 e. The minimum Gasteiger partial charge on any atom is -0.494 e. The van der Waals surface area contributed by atoms with E-state index in [1.54, 1.807) is 24.3 Å². The molecule has 0 heterocycles. The zero-order valence-electron chi connectivity index (χ0n) is 11.5. The molecule has 0 saturated heterocycles. The molecule has 2 N–H and O–H groups in total. The van der Waals surface area contributed by atoms with Crippen LogP contribution in [0.25, 0.3) is 0 Å². The average Bonchev–Trinajstić information content (AvgIpc) is 2.38. The highest BCUT2D eigenvalue weighted by atomic mass is 16.5. The highest BCUT2D eigenvalue weighted by Crippen LogP contribution is 2.40. The van der Waals surface area contributed by atoms with Crippen molar-refractivity contribution in [1.82, 2.24) is 5.32 Å². The summed E-state index contributed by atoms with van der Waals surface area (Å²) < 4.78 is 5.30. The van der Waals surface area contributed by atoms with Gasteiger partial charge >= 0.3 is 5.97 Å². The topological polar surface area (TPSA) is 75.6 Å². The van der Waals surface area contributed by atoms with Crippen molar-refractivity contribution >= 4 is 11.9 Å². The van der Waals surface area contributed by atoms with Crippen LogP contribution in [0.5, 0.6) is 5.75 Å². The number of carboxylic acids is 1. The molecule has 20 heavy (non-hydrogen) atoms. The van der Waals surface area contributed by atoms with Crippen LogP contribution in [0.1, 0.15) is 36.5 Å². The number of benzene rings is 1. The van der Waals surface area contributed by atoms with Crippen LogP contribution in [0.2, 0.25) is 0 Å². The van der Waals surface area contributed by atoms with E-state index in [1.807, 2.05) is 6.92 Å². The van der Waals surface area contributed by atoms with Gasteiger partial charge in [-0.15, -0.1) is 0 Å². The van der Waals surface area contributed by atoms with E-state index in [4.69, 9.17) is 4.74 Å². The Kier molecular flexibility index (Phi) is 4.27. The van der Waals surface area contributed by atoms with E-state index in [1.165, 1.54) is 0 Å². The van der Waals surface area contributed by atoms with Crippen molar-refractivity contribution in [2.24, 2.45) is 5.41 Å². The molecule has 0 aliphatic heterocycles. The first-order valence-electron chi connectivity index (χ1n) is 6.82. The Labute approximate surface area is 117 Å². The van der Waals surface area contributed by atoms with Crippen molar-refractivity contribution in [1.29, 1.82) is 0 Å². The molecule has 108 valence electrons. The summed E-state index contributed by atoms with van der Waals surface area (Å²) in [5, 5.41) is 11.9. The summed E-state index contributed by atoms with van der Waals surface area (Å²) in [5.74, 6) is -0.360. The Morgan fingerprint density at radius 2 is 1.95 bits per heavy atom. The van der Waals surface area contributed by atoms with Gasteiger partial charge in [-0.25, -0.2) is 0 Å². The maximum absolute atomic E-state index is 12.0. The fourth-order valence-electron chi connectivity index (χ4n) is 2.29. The van der Waals surface area contributed by atoms with Crippen molar-refractivity contribution in [3.05, 3.63) is 29.8 Å². The molecular formula is C15H19NO4. The zero-order chi connectivity index (χ0) is 14.6. The van der Waals surface area contributed by atoms with Gasteiger partial charge in [0.05, 0.1) is 12.0 Å². The molecule has 0 spiro atoms. The molecule has 1 aliphatic carbocycles. The second kappa shape index (κ2) is 5.94. The lowest BCUT2D eigenvalue weighted by molar-refractivity contribution is -0.153. The predicted molar refractivity (Wildman–Crippen MR) is 73.9 cm³/mol. The van der Waals surface area contributed by atoms with Crippen LogP contribution in [0.4, 0.5) is 0 Å². The third-order valence-electron chi connectivity index (χ3n) is 3.78. The molecule has 0 aromatic heterocycles. The monoisotopic (exact) mass is 277 g/mol. The number of ether oxygens (including phenoxy) is 1.